The van der Waals surface area contributed by atoms with E-state index in [-0.39, 0.29) is 5.91 Å². The van der Waals surface area contributed by atoms with Gasteiger partial charge in [0, 0.05) is 12.8 Å². The van der Waals surface area contributed by atoms with E-state index in [2.05, 4.69) is 10.6 Å². The molecular formula is C6H8N2O3. The van der Waals surface area contributed by atoms with Crippen molar-refractivity contribution in [2.24, 2.45) is 0 Å². The fourth-order valence-electron chi connectivity index (χ4n) is 1.56. The Morgan fingerprint density at radius 1 is 1.45 bits per heavy atom. The predicted molar refractivity (Wildman–Crippen MR) is 34.6 cm³/mol. The fourth-order valence-corrected chi connectivity index (χ4v) is 1.56. The number of imide groups is 1. The lowest BCUT2D eigenvalue weighted by Gasteiger charge is -2.38. The van der Waals surface area contributed by atoms with E-state index in [1.54, 1.807) is 0 Å². The normalized spacial score (nSPS) is 41.7. The van der Waals surface area contributed by atoms with E-state index in [0.29, 0.717) is 12.8 Å². The third-order valence-corrected chi connectivity index (χ3v) is 2.18. The van der Waals surface area contributed by atoms with Gasteiger partial charge >= 0.3 is 6.03 Å². The standard InChI is InChI=1S/C6H8N2O3/c9-3-1-6(2-3)4(10)7-5(11)8-6/h3,9H,1-2H2,(H2,7,8,10,11). The first kappa shape index (κ1) is 6.60. The summed E-state index contributed by atoms with van der Waals surface area (Å²) >= 11 is 0. The summed E-state index contributed by atoms with van der Waals surface area (Å²) in [4.78, 5) is 21.7. The Bertz CT molecular complexity index is 232. The number of hydrogen-bond acceptors (Lipinski definition) is 3. The zero-order valence-corrected chi connectivity index (χ0v) is 5.76. The summed E-state index contributed by atoms with van der Waals surface area (Å²) in [6, 6.07) is -0.457. The molecule has 2 fully saturated rings. The van der Waals surface area contributed by atoms with Crippen LogP contribution in [-0.2, 0) is 4.79 Å². The van der Waals surface area contributed by atoms with Crippen molar-refractivity contribution in [2.45, 2.75) is 24.5 Å². The maximum Gasteiger partial charge on any atom is 0.322 e. The molecule has 0 aromatic heterocycles. The quantitative estimate of drug-likeness (QED) is 0.382. The summed E-state index contributed by atoms with van der Waals surface area (Å²) in [6.45, 7) is 0. The van der Waals surface area contributed by atoms with Crippen molar-refractivity contribution < 1.29 is 14.7 Å². The first-order valence-corrected chi connectivity index (χ1v) is 3.44. The van der Waals surface area contributed by atoms with E-state index in [1.165, 1.54) is 0 Å². The Morgan fingerprint density at radius 3 is 2.45 bits per heavy atom. The molecule has 5 heteroatoms. The van der Waals surface area contributed by atoms with E-state index in [4.69, 9.17) is 5.11 Å². The molecule has 1 saturated heterocycles. The van der Waals surface area contributed by atoms with Gasteiger partial charge in [-0.3, -0.25) is 10.1 Å². The van der Waals surface area contributed by atoms with Crippen molar-refractivity contribution >= 4 is 11.9 Å². The molecule has 1 saturated carbocycles. The smallest absolute Gasteiger partial charge is 0.322 e. The van der Waals surface area contributed by atoms with Crippen LogP contribution < -0.4 is 10.6 Å². The Morgan fingerprint density at radius 2 is 2.09 bits per heavy atom. The Balaban J connectivity index is 2.16. The largest absolute Gasteiger partial charge is 0.393 e. The Labute approximate surface area is 62.8 Å². The van der Waals surface area contributed by atoms with Crippen LogP contribution in [0.25, 0.3) is 0 Å². The van der Waals surface area contributed by atoms with Gasteiger partial charge in [0.25, 0.3) is 5.91 Å². The lowest BCUT2D eigenvalue weighted by molar-refractivity contribution is -0.131. The van der Waals surface area contributed by atoms with Gasteiger partial charge in [0.2, 0.25) is 0 Å². The van der Waals surface area contributed by atoms with Crippen LogP contribution in [0.15, 0.2) is 0 Å². The van der Waals surface area contributed by atoms with Gasteiger partial charge in [0.05, 0.1) is 6.10 Å². The van der Waals surface area contributed by atoms with Crippen LogP contribution in [0.1, 0.15) is 12.8 Å². The number of urea groups is 1. The average molecular weight is 156 g/mol. The van der Waals surface area contributed by atoms with Crippen molar-refractivity contribution in [1.29, 1.82) is 0 Å². The molecular weight excluding hydrogens is 148 g/mol. The predicted octanol–water partition coefficient (Wildman–Crippen LogP) is -1.28. The highest BCUT2D eigenvalue weighted by Crippen LogP contribution is 2.34. The van der Waals surface area contributed by atoms with Gasteiger partial charge in [-0.05, 0) is 0 Å². The number of amides is 3. The molecule has 0 radical (unpaired) electrons. The minimum absolute atomic E-state index is 0.312. The summed E-state index contributed by atoms with van der Waals surface area (Å²) in [5, 5.41) is 13.6. The van der Waals surface area contributed by atoms with Crippen LogP contribution in [0.5, 0.6) is 0 Å². The Kier molecular flexibility index (Phi) is 1.04. The summed E-state index contributed by atoms with van der Waals surface area (Å²) in [7, 11) is 0. The molecule has 0 aromatic carbocycles. The summed E-state index contributed by atoms with van der Waals surface area (Å²) in [5.74, 6) is -0.312. The summed E-state index contributed by atoms with van der Waals surface area (Å²) in [6.07, 6.45) is 0.231. The second kappa shape index (κ2) is 1.73. The van der Waals surface area contributed by atoms with Crippen LogP contribution in [0.3, 0.4) is 0 Å². The molecule has 0 aromatic rings. The van der Waals surface area contributed by atoms with E-state index in [1.807, 2.05) is 0 Å². The molecule has 11 heavy (non-hydrogen) atoms. The van der Waals surface area contributed by atoms with Crippen LogP contribution >= 0.6 is 0 Å². The molecule has 5 nitrogen and oxygen atoms in total. The van der Waals surface area contributed by atoms with Gasteiger partial charge in [-0.1, -0.05) is 0 Å². The maximum atomic E-state index is 11.0. The summed E-state index contributed by atoms with van der Waals surface area (Å²) < 4.78 is 0. The Hall–Kier alpha value is -1.10. The molecule has 0 unspecified atom stereocenters. The van der Waals surface area contributed by atoms with Crippen LogP contribution in [-0.4, -0.2) is 28.7 Å². The topological polar surface area (TPSA) is 78.4 Å². The van der Waals surface area contributed by atoms with E-state index in [9.17, 15) is 9.59 Å². The molecule has 3 N–H and O–H groups in total. The second-order valence-electron chi connectivity index (χ2n) is 3.05. The van der Waals surface area contributed by atoms with E-state index < -0.39 is 17.7 Å². The SMILES string of the molecule is O=C1NC(=O)C2(CC(O)C2)N1. The number of aliphatic hydroxyl groups excluding tert-OH is 1. The maximum absolute atomic E-state index is 11.0. The monoisotopic (exact) mass is 156 g/mol. The van der Waals surface area contributed by atoms with Crippen LogP contribution in [0, 0.1) is 0 Å². The van der Waals surface area contributed by atoms with Gasteiger partial charge in [-0.2, -0.15) is 0 Å². The van der Waals surface area contributed by atoms with Gasteiger partial charge in [0.15, 0.2) is 0 Å². The highest BCUT2D eigenvalue weighted by molar-refractivity contribution is 6.07. The van der Waals surface area contributed by atoms with Gasteiger partial charge < -0.3 is 10.4 Å². The number of carbonyl (C=O) groups is 2. The first-order chi connectivity index (χ1) is 5.12. The van der Waals surface area contributed by atoms with Crippen molar-refractivity contribution in [1.82, 2.24) is 10.6 Å². The number of carbonyl (C=O) groups excluding carboxylic acids is 2. The minimum Gasteiger partial charge on any atom is -0.393 e. The molecule has 1 aliphatic carbocycles. The number of rotatable bonds is 0. The highest BCUT2D eigenvalue weighted by atomic mass is 16.3. The molecule has 1 heterocycles. The molecule has 3 amide bonds. The number of aliphatic hydroxyl groups is 1. The minimum atomic E-state index is -0.781. The second-order valence-corrected chi connectivity index (χ2v) is 3.05. The van der Waals surface area contributed by atoms with Crippen LogP contribution in [0.4, 0.5) is 4.79 Å². The molecule has 0 atom stereocenters. The molecule has 2 aliphatic rings. The zero-order valence-electron chi connectivity index (χ0n) is 5.76. The highest BCUT2D eigenvalue weighted by Gasteiger charge is 2.54. The van der Waals surface area contributed by atoms with Crippen LogP contribution in [0.2, 0.25) is 0 Å². The molecule has 1 aliphatic heterocycles. The van der Waals surface area contributed by atoms with Gasteiger partial charge in [-0.25, -0.2) is 4.79 Å². The molecule has 60 valence electrons. The number of hydrogen-bond donors (Lipinski definition) is 3. The van der Waals surface area contributed by atoms with Crippen molar-refractivity contribution in [2.75, 3.05) is 0 Å². The third-order valence-electron chi connectivity index (χ3n) is 2.18. The zero-order chi connectivity index (χ0) is 8.06. The van der Waals surface area contributed by atoms with Crippen molar-refractivity contribution in [3.8, 4) is 0 Å². The summed E-state index contributed by atoms with van der Waals surface area (Å²) in [5.41, 5.74) is -0.781. The average Bonchev–Trinajstić information content (AvgIpc) is 2.06. The van der Waals surface area contributed by atoms with Crippen molar-refractivity contribution in [3.63, 3.8) is 0 Å². The molecule has 0 bridgehead atoms. The van der Waals surface area contributed by atoms with Gasteiger partial charge in [-0.15, -0.1) is 0 Å². The lowest BCUT2D eigenvalue weighted by atomic mass is 9.74. The molecule has 2 rings (SSSR count). The first-order valence-electron chi connectivity index (χ1n) is 3.44. The van der Waals surface area contributed by atoms with E-state index in [0.717, 1.165) is 0 Å². The lowest BCUT2D eigenvalue weighted by Crippen LogP contribution is -2.59. The number of nitrogens with one attached hydrogen (secondary N) is 2. The van der Waals surface area contributed by atoms with Gasteiger partial charge in [0.1, 0.15) is 5.54 Å². The third kappa shape index (κ3) is 0.742. The van der Waals surface area contributed by atoms with Crippen molar-refractivity contribution in [3.05, 3.63) is 0 Å². The fraction of sp³-hybridized carbons (Fsp3) is 0.667. The molecule has 1 spiro atoms. The van der Waals surface area contributed by atoms with E-state index >= 15 is 0 Å².